The van der Waals surface area contributed by atoms with E-state index < -0.39 is 5.91 Å². The number of hydrogen-bond donors (Lipinski definition) is 2. The number of ether oxygens (including phenoxy) is 1. The zero-order valence-corrected chi connectivity index (χ0v) is 22.1. The lowest BCUT2D eigenvalue weighted by Crippen LogP contribution is -2.44. The van der Waals surface area contributed by atoms with Crippen LogP contribution < -0.4 is 15.6 Å². The Kier molecular flexibility index (Phi) is 8.92. The fourth-order valence-electron chi connectivity index (χ4n) is 4.69. The van der Waals surface area contributed by atoms with Crippen LogP contribution in [-0.2, 0) is 23.1 Å². The van der Waals surface area contributed by atoms with Gasteiger partial charge in [0, 0.05) is 5.56 Å². The van der Waals surface area contributed by atoms with Gasteiger partial charge < -0.3 is 4.74 Å². The van der Waals surface area contributed by atoms with Gasteiger partial charge in [-0.2, -0.15) is 0 Å². The second-order valence-corrected chi connectivity index (χ2v) is 11.1. The molecule has 0 saturated carbocycles. The molecule has 0 unspecified atom stereocenters. The third-order valence-electron chi connectivity index (χ3n) is 6.08. The number of hydrazine groups is 1. The molecule has 0 bridgehead atoms. The zero-order valence-electron chi connectivity index (χ0n) is 22.1. The molecule has 0 atom stereocenters. The lowest BCUT2D eigenvalue weighted by molar-refractivity contribution is -0.123. The van der Waals surface area contributed by atoms with Gasteiger partial charge in [0.1, 0.15) is 5.75 Å². The SMILES string of the molecule is CC(C)(C)CC(C)(C)c1ccc(OCC(=O)NNC(=O)c2ccccc2CCc2ccccc2)cc1. The Bertz CT molecular complexity index is 1150. The number of aryl methyl sites for hydroxylation is 2. The predicted octanol–water partition coefficient (Wildman–Crippen LogP) is 6.03. The summed E-state index contributed by atoms with van der Waals surface area (Å²) in [6.07, 6.45) is 2.61. The first-order valence-corrected chi connectivity index (χ1v) is 12.5. The van der Waals surface area contributed by atoms with Crippen LogP contribution in [-0.4, -0.2) is 18.4 Å². The molecule has 3 aromatic rings. The van der Waals surface area contributed by atoms with Crippen molar-refractivity contribution in [2.75, 3.05) is 6.61 Å². The molecule has 0 aromatic heterocycles. The molecule has 190 valence electrons. The van der Waals surface area contributed by atoms with Gasteiger partial charge in [-0.25, -0.2) is 0 Å². The average molecular weight is 487 g/mol. The van der Waals surface area contributed by atoms with E-state index >= 15 is 0 Å². The summed E-state index contributed by atoms with van der Waals surface area (Å²) >= 11 is 0. The number of carbonyl (C=O) groups excluding carboxylic acids is 2. The molecule has 3 aromatic carbocycles. The van der Waals surface area contributed by atoms with Gasteiger partial charge in [0.2, 0.25) is 0 Å². The molecule has 5 nitrogen and oxygen atoms in total. The molecule has 0 spiro atoms. The standard InChI is InChI=1S/C31H38N2O3/c1-30(2,3)22-31(4,5)25-17-19-26(20-18-25)36-21-28(34)32-33-29(35)27-14-10-9-13-24(27)16-15-23-11-7-6-8-12-23/h6-14,17-20H,15-16,21-22H2,1-5H3,(H,32,34)(H,33,35). The molecule has 0 heterocycles. The fraction of sp³-hybridized carbons (Fsp3) is 0.355. The number of amides is 2. The van der Waals surface area contributed by atoms with E-state index in [2.05, 4.69) is 57.6 Å². The molecule has 0 aliphatic rings. The minimum Gasteiger partial charge on any atom is -0.484 e. The summed E-state index contributed by atoms with van der Waals surface area (Å²) in [7, 11) is 0. The molecule has 0 fully saturated rings. The van der Waals surface area contributed by atoms with Crippen molar-refractivity contribution >= 4 is 11.8 Å². The summed E-state index contributed by atoms with van der Waals surface area (Å²) in [6, 6.07) is 25.5. The minimum absolute atomic E-state index is 0.0375. The van der Waals surface area contributed by atoms with Crippen LogP contribution in [0.5, 0.6) is 5.75 Å². The van der Waals surface area contributed by atoms with Crippen LogP contribution in [0.4, 0.5) is 0 Å². The van der Waals surface area contributed by atoms with Gasteiger partial charge in [0.25, 0.3) is 11.8 Å². The molecular formula is C31H38N2O3. The molecule has 2 N–H and O–H groups in total. The van der Waals surface area contributed by atoms with Crippen LogP contribution in [0.25, 0.3) is 0 Å². The summed E-state index contributed by atoms with van der Waals surface area (Å²) in [5.74, 6) is -0.169. The second-order valence-electron chi connectivity index (χ2n) is 11.1. The third kappa shape index (κ3) is 8.26. The van der Waals surface area contributed by atoms with E-state index in [4.69, 9.17) is 4.74 Å². The van der Waals surface area contributed by atoms with Gasteiger partial charge in [-0.1, -0.05) is 95.3 Å². The van der Waals surface area contributed by atoms with E-state index in [1.54, 1.807) is 6.07 Å². The molecule has 0 aliphatic carbocycles. The first kappa shape index (κ1) is 27.0. The third-order valence-corrected chi connectivity index (χ3v) is 6.08. The normalized spacial score (nSPS) is 11.6. The van der Waals surface area contributed by atoms with Crippen molar-refractivity contribution in [3.05, 3.63) is 101 Å². The molecule has 0 radical (unpaired) electrons. The summed E-state index contributed by atoms with van der Waals surface area (Å²) < 4.78 is 5.62. The lowest BCUT2D eigenvalue weighted by Gasteiger charge is -2.33. The summed E-state index contributed by atoms with van der Waals surface area (Å²) in [4.78, 5) is 25.0. The van der Waals surface area contributed by atoms with Crippen LogP contribution in [0.3, 0.4) is 0 Å². The van der Waals surface area contributed by atoms with Crippen molar-refractivity contribution in [1.82, 2.24) is 10.9 Å². The highest BCUT2D eigenvalue weighted by Gasteiger charge is 2.27. The molecule has 5 heteroatoms. The summed E-state index contributed by atoms with van der Waals surface area (Å²) in [5.41, 5.74) is 9.13. The van der Waals surface area contributed by atoms with E-state index in [-0.39, 0.29) is 23.3 Å². The van der Waals surface area contributed by atoms with Crippen LogP contribution >= 0.6 is 0 Å². The fourth-order valence-corrected chi connectivity index (χ4v) is 4.69. The van der Waals surface area contributed by atoms with Gasteiger partial charge in [-0.15, -0.1) is 0 Å². The monoisotopic (exact) mass is 486 g/mol. The number of rotatable bonds is 9. The second kappa shape index (κ2) is 11.9. The number of carbonyl (C=O) groups is 2. The van der Waals surface area contributed by atoms with Crippen molar-refractivity contribution in [1.29, 1.82) is 0 Å². The van der Waals surface area contributed by atoms with Crippen molar-refractivity contribution < 1.29 is 14.3 Å². The van der Waals surface area contributed by atoms with Crippen molar-refractivity contribution in [2.24, 2.45) is 5.41 Å². The van der Waals surface area contributed by atoms with Gasteiger partial charge >= 0.3 is 0 Å². The van der Waals surface area contributed by atoms with E-state index in [9.17, 15) is 9.59 Å². The van der Waals surface area contributed by atoms with E-state index in [1.807, 2.05) is 60.7 Å². The topological polar surface area (TPSA) is 67.4 Å². The highest BCUT2D eigenvalue weighted by molar-refractivity contribution is 5.96. The van der Waals surface area contributed by atoms with Crippen LogP contribution in [0.1, 0.15) is 68.1 Å². The number of benzene rings is 3. The van der Waals surface area contributed by atoms with Gasteiger partial charge in [-0.05, 0) is 65.0 Å². The van der Waals surface area contributed by atoms with Gasteiger partial charge in [0.15, 0.2) is 6.61 Å². The Morgan fingerprint density at radius 1 is 0.750 bits per heavy atom. The van der Waals surface area contributed by atoms with Crippen molar-refractivity contribution in [2.45, 2.75) is 59.3 Å². The Balaban J connectivity index is 1.49. The zero-order chi connectivity index (χ0) is 26.2. The first-order valence-electron chi connectivity index (χ1n) is 12.5. The maximum Gasteiger partial charge on any atom is 0.276 e. The minimum atomic E-state index is -0.428. The highest BCUT2D eigenvalue weighted by Crippen LogP contribution is 2.36. The summed E-state index contributed by atoms with van der Waals surface area (Å²) in [5, 5.41) is 0. The van der Waals surface area contributed by atoms with E-state index in [1.165, 1.54) is 11.1 Å². The van der Waals surface area contributed by atoms with Gasteiger partial charge in [-0.3, -0.25) is 20.4 Å². The van der Waals surface area contributed by atoms with Crippen molar-refractivity contribution in [3.8, 4) is 5.75 Å². The van der Waals surface area contributed by atoms with Gasteiger partial charge in [0.05, 0.1) is 0 Å². The Hall–Kier alpha value is -3.60. The highest BCUT2D eigenvalue weighted by atomic mass is 16.5. The first-order chi connectivity index (χ1) is 17.0. The van der Waals surface area contributed by atoms with Crippen LogP contribution in [0.15, 0.2) is 78.9 Å². The van der Waals surface area contributed by atoms with Crippen LogP contribution in [0, 0.1) is 5.41 Å². The summed E-state index contributed by atoms with van der Waals surface area (Å²) in [6.45, 7) is 11.0. The Labute approximate surface area is 215 Å². The molecule has 2 amide bonds. The molecule has 0 aliphatic heterocycles. The van der Waals surface area contributed by atoms with Crippen molar-refractivity contribution in [3.63, 3.8) is 0 Å². The molecule has 36 heavy (non-hydrogen) atoms. The Morgan fingerprint density at radius 3 is 2.06 bits per heavy atom. The van der Waals surface area contributed by atoms with E-state index in [0.717, 1.165) is 24.8 Å². The number of nitrogens with one attached hydrogen (secondary N) is 2. The maximum absolute atomic E-state index is 12.7. The van der Waals surface area contributed by atoms with E-state index in [0.29, 0.717) is 11.3 Å². The maximum atomic E-state index is 12.7. The molecular weight excluding hydrogens is 448 g/mol. The molecule has 3 rings (SSSR count). The number of hydrogen-bond acceptors (Lipinski definition) is 3. The predicted molar refractivity (Wildman–Crippen MR) is 145 cm³/mol. The Morgan fingerprint density at radius 2 is 1.39 bits per heavy atom. The smallest absolute Gasteiger partial charge is 0.276 e. The quantitative estimate of drug-likeness (QED) is 0.363. The largest absolute Gasteiger partial charge is 0.484 e. The average Bonchev–Trinajstić information content (AvgIpc) is 2.84. The molecule has 0 saturated heterocycles. The lowest BCUT2D eigenvalue weighted by atomic mass is 9.72. The van der Waals surface area contributed by atoms with Crippen LogP contribution in [0.2, 0.25) is 0 Å².